The fourth-order valence-electron chi connectivity index (χ4n) is 2.84. The number of carbonyl (C=O) groups is 2. The number of fused-ring (bicyclic) bond motifs is 1. The number of carboxylic acids is 1. The molecule has 2 aliphatic rings. The fourth-order valence-corrected chi connectivity index (χ4v) is 4.65. The lowest BCUT2D eigenvalue weighted by Gasteiger charge is -2.22. The van der Waals surface area contributed by atoms with Gasteiger partial charge in [-0.2, -0.15) is 0 Å². The van der Waals surface area contributed by atoms with Gasteiger partial charge in [-0.1, -0.05) is 0 Å². The van der Waals surface area contributed by atoms with E-state index in [2.05, 4.69) is 0 Å². The largest absolute Gasteiger partial charge is 0.478 e. The van der Waals surface area contributed by atoms with Gasteiger partial charge in [0.15, 0.2) is 0 Å². The van der Waals surface area contributed by atoms with E-state index in [1.807, 2.05) is 11.9 Å². The van der Waals surface area contributed by atoms with Gasteiger partial charge >= 0.3 is 5.97 Å². The van der Waals surface area contributed by atoms with Crippen LogP contribution in [0.4, 0.5) is 0 Å². The van der Waals surface area contributed by atoms with Crippen molar-refractivity contribution in [3.8, 4) is 0 Å². The minimum absolute atomic E-state index is 0.0505. The van der Waals surface area contributed by atoms with Crippen molar-refractivity contribution in [3.63, 3.8) is 0 Å². The van der Waals surface area contributed by atoms with Gasteiger partial charge in [-0.25, -0.2) is 17.5 Å². The molecule has 1 saturated heterocycles. The summed E-state index contributed by atoms with van der Waals surface area (Å²) < 4.78 is 26.0. The monoisotopic (exact) mass is 310 g/mol. The summed E-state index contributed by atoms with van der Waals surface area (Å²) in [6.07, 6.45) is 0.585. The van der Waals surface area contributed by atoms with Crippen molar-refractivity contribution in [2.75, 3.05) is 20.1 Å². The van der Waals surface area contributed by atoms with E-state index in [1.165, 1.54) is 12.1 Å². The zero-order valence-corrected chi connectivity index (χ0v) is 12.1. The number of likely N-dealkylation sites (N-methyl/N-ethyl adjacent to an activating group) is 1. The van der Waals surface area contributed by atoms with E-state index in [-0.39, 0.29) is 16.0 Å². The minimum Gasteiger partial charge on any atom is -0.478 e. The minimum atomic E-state index is -3.96. The van der Waals surface area contributed by atoms with E-state index in [1.54, 1.807) is 0 Å². The maximum atomic E-state index is 12.6. The van der Waals surface area contributed by atoms with Crippen LogP contribution in [0.2, 0.25) is 0 Å². The Bertz CT molecular complexity index is 743. The Kier molecular flexibility index (Phi) is 3.03. The molecule has 1 aromatic carbocycles. The molecule has 1 N–H and O–H groups in total. The molecule has 2 heterocycles. The normalized spacial score (nSPS) is 24.3. The quantitative estimate of drug-likeness (QED) is 0.840. The Morgan fingerprint density at radius 3 is 2.67 bits per heavy atom. The summed E-state index contributed by atoms with van der Waals surface area (Å²) in [6, 6.07) is 3.19. The van der Waals surface area contributed by atoms with Gasteiger partial charge in [0.1, 0.15) is 4.90 Å². The predicted molar refractivity (Wildman–Crippen MR) is 72.7 cm³/mol. The third kappa shape index (κ3) is 2.02. The van der Waals surface area contributed by atoms with E-state index < -0.39 is 27.9 Å². The van der Waals surface area contributed by atoms with Crippen LogP contribution in [-0.2, 0) is 10.0 Å². The Morgan fingerprint density at radius 2 is 2.10 bits per heavy atom. The summed E-state index contributed by atoms with van der Waals surface area (Å²) in [5.74, 6) is -1.79. The molecule has 0 spiro atoms. The van der Waals surface area contributed by atoms with Gasteiger partial charge in [0, 0.05) is 6.54 Å². The van der Waals surface area contributed by atoms with Crippen molar-refractivity contribution in [1.29, 1.82) is 0 Å². The average molecular weight is 310 g/mol. The molecule has 3 rings (SSSR count). The predicted octanol–water partition coefficient (Wildman–Crippen LogP) is 0.233. The fraction of sp³-hybridized carbons (Fsp3) is 0.385. The van der Waals surface area contributed by atoms with Gasteiger partial charge in [0.05, 0.1) is 17.2 Å². The summed E-state index contributed by atoms with van der Waals surface area (Å²) in [4.78, 5) is 25.1. The molecule has 1 fully saturated rings. The molecular formula is C13H14N2O5S. The van der Waals surface area contributed by atoms with Crippen LogP contribution in [0.25, 0.3) is 0 Å². The molecule has 1 atom stereocenters. The number of carboxylic acid groups (broad SMARTS) is 1. The van der Waals surface area contributed by atoms with Crippen LogP contribution in [0.15, 0.2) is 23.1 Å². The number of rotatable bonds is 2. The van der Waals surface area contributed by atoms with E-state index >= 15 is 0 Å². The molecule has 0 radical (unpaired) electrons. The second kappa shape index (κ2) is 4.54. The summed E-state index contributed by atoms with van der Waals surface area (Å²) in [5.41, 5.74) is -0.0925. The van der Waals surface area contributed by atoms with Crippen LogP contribution in [0.1, 0.15) is 27.1 Å². The number of hydrogen-bond acceptors (Lipinski definition) is 5. The number of nitrogens with zero attached hydrogens (tertiary/aromatic N) is 2. The first-order chi connectivity index (χ1) is 9.82. The van der Waals surface area contributed by atoms with Gasteiger partial charge in [-0.05, 0) is 38.2 Å². The van der Waals surface area contributed by atoms with Gasteiger partial charge in [-0.3, -0.25) is 4.79 Å². The van der Waals surface area contributed by atoms with Gasteiger partial charge in [-0.15, -0.1) is 0 Å². The molecule has 7 nitrogen and oxygen atoms in total. The lowest BCUT2D eigenvalue weighted by molar-refractivity contribution is 0.0695. The van der Waals surface area contributed by atoms with Gasteiger partial charge < -0.3 is 10.0 Å². The van der Waals surface area contributed by atoms with Crippen LogP contribution in [0.3, 0.4) is 0 Å². The lowest BCUT2D eigenvalue weighted by atomic mass is 10.1. The Morgan fingerprint density at radius 1 is 1.38 bits per heavy atom. The average Bonchev–Trinajstić information content (AvgIpc) is 2.90. The Labute approximate surface area is 121 Å². The molecule has 1 unspecified atom stereocenters. The van der Waals surface area contributed by atoms with Crippen LogP contribution in [0, 0.1) is 0 Å². The number of benzene rings is 1. The Balaban J connectivity index is 2.08. The third-order valence-electron chi connectivity index (χ3n) is 3.89. The molecule has 0 aliphatic carbocycles. The maximum Gasteiger partial charge on any atom is 0.335 e. The topological polar surface area (TPSA) is 95.0 Å². The molecule has 112 valence electrons. The van der Waals surface area contributed by atoms with Crippen molar-refractivity contribution in [1.82, 2.24) is 9.21 Å². The van der Waals surface area contributed by atoms with E-state index in [9.17, 15) is 18.0 Å². The third-order valence-corrected chi connectivity index (χ3v) is 5.77. The van der Waals surface area contributed by atoms with Crippen molar-refractivity contribution >= 4 is 21.9 Å². The zero-order valence-electron chi connectivity index (χ0n) is 11.3. The number of carbonyl (C=O) groups excluding carboxylic acids is 1. The first-order valence-electron chi connectivity index (χ1n) is 6.47. The molecule has 0 aromatic heterocycles. The van der Waals surface area contributed by atoms with Crippen molar-refractivity contribution in [2.24, 2.45) is 0 Å². The summed E-state index contributed by atoms with van der Waals surface area (Å²) in [6.45, 7) is 1.21. The molecular weight excluding hydrogens is 296 g/mol. The number of amides is 1. The second-order valence-electron chi connectivity index (χ2n) is 5.33. The molecule has 1 amide bonds. The highest BCUT2D eigenvalue weighted by Crippen LogP contribution is 2.34. The van der Waals surface area contributed by atoms with Crippen LogP contribution in [-0.4, -0.2) is 60.8 Å². The van der Waals surface area contributed by atoms with E-state index in [0.29, 0.717) is 13.0 Å². The molecule has 1 aromatic rings. The molecule has 0 bridgehead atoms. The number of sulfonamides is 1. The molecule has 0 saturated carbocycles. The van der Waals surface area contributed by atoms with Crippen LogP contribution < -0.4 is 0 Å². The Hall–Kier alpha value is -1.93. The SMILES string of the molecule is CN1CCC(N2C(=O)c3ccc(C(=O)O)cc3S2(=O)=O)C1. The van der Waals surface area contributed by atoms with Crippen molar-refractivity contribution in [3.05, 3.63) is 29.3 Å². The highest BCUT2D eigenvalue weighted by Gasteiger charge is 2.46. The smallest absolute Gasteiger partial charge is 0.335 e. The summed E-state index contributed by atoms with van der Waals surface area (Å²) in [5, 5.41) is 8.96. The second-order valence-corrected chi connectivity index (χ2v) is 7.11. The van der Waals surface area contributed by atoms with Crippen molar-refractivity contribution < 1.29 is 23.1 Å². The molecule has 2 aliphatic heterocycles. The first-order valence-corrected chi connectivity index (χ1v) is 7.91. The summed E-state index contributed by atoms with van der Waals surface area (Å²) >= 11 is 0. The standard InChI is InChI=1S/C13H14N2O5S/c1-14-5-4-9(7-14)15-12(16)10-3-2-8(13(17)18)6-11(10)21(15,19)20/h2-3,6,9H,4-5,7H2,1H3,(H,17,18). The maximum absolute atomic E-state index is 12.6. The van der Waals surface area contributed by atoms with Gasteiger partial charge in [0.25, 0.3) is 15.9 Å². The molecule has 8 heteroatoms. The molecule has 21 heavy (non-hydrogen) atoms. The number of aromatic carboxylic acids is 1. The number of hydrogen-bond donors (Lipinski definition) is 1. The van der Waals surface area contributed by atoms with Crippen LogP contribution in [0.5, 0.6) is 0 Å². The highest BCUT2D eigenvalue weighted by molar-refractivity contribution is 7.90. The van der Waals surface area contributed by atoms with E-state index in [4.69, 9.17) is 5.11 Å². The van der Waals surface area contributed by atoms with Crippen molar-refractivity contribution in [2.45, 2.75) is 17.4 Å². The van der Waals surface area contributed by atoms with Crippen LogP contribution >= 0.6 is 0 Å². The number of likely N-dealkylation sites (tertiary alicyclic amines) is 1. The zero-order chi connectivity index (χ0) is 15.4. The lowest BCUT2D eigenvalue weighted by Crippen LogP contribution is -2.41. The first kappa shape index (κ1) is 14.0. The summed E-state index contributed by atoms with van der Waals surface area (Å²) in [7, 11) is -2.10. The van der Waals surface area contributed by atoms with Gasteiger partial charge in [0.2, 0.25) is 0 Å². The van der Waals surface area contributed by atoms with E-state index in [0.717, 1.165) is 16.9 Å². The highest BCUT2D eigenvalue weighted by atomic mass is 32.2.